The summed E-state index contributed by atoms with van der Waals surface area (Å²) in [7, 11) is 1.58. The molecule has 1 atom stereocenters. The molecular weight excluding hydrogens is 156 g/mol. The van der Waals surface area contributed by atoms with Crippen molar-refractivity contribution < 1.29 is 9.53 Å². The number of rotatable bonds is 4. The Morgan fingerprint density at radius 3 is 2.42 bits per heavy atom. The molecule has 74 valence electrons. The van der Waals surface area contributed by atoms with Crippen LogP contribution in [0, 0.1) is 0 Å². The van der Waals surface area contributed by atoms with E-state index in [2.05, 4.69) is 5.32 Å². The summed E-state index contributed by atoms with van der Waals surface area (Å²) >= 11 is 0. The van der Waals surface area contributed by atoms with Gasteiger partial charge in [-0.15, -0.1) is 0 Å². The summed E-state index contributed by atoms with van der Waals surface area (Å²) in [5.41, 5.74) is 5.27. The Kier molecular flexibility index (Phi) is 12.1. The van der Waals surface area contributed by atoms with Crippen LogP contribution in [0.25, 0.3) is 0 Å². The number of ether oxygens (including phenoxy) is 1. The van der Waals surface area contributed by atoms with Crippen LogP contribution in [0.15, 0.2) is 0 Å². The second kappa shape index (κ2) is 10.4. The van der Waals surface area contributed by atoms with Crippen molar-refractivity contribution in [1.82, 2.24) is 5.32 Å². The molecule has 0 heterocycles. The lowest BCUT2D eigenvalue weighted by Gasteiger charge is -2.05. The van der Waals surface area contributed by atoms with Crippen molar-refractivity contribution in [2.24, 2.45) is 5.73 Å². The van der Waals surface area contributed by atoms with Crippen LogP contribution in [0.2, 0.25) is 0 Å². The van der Waals surface area contributed by atoms with Crippen molar-refractivity contribution in [2.75, 3.05) is 20.3 Å². The van der Waals surface area contributed by atoms with Gasteiger partial charge >= 0.3 is 0 Å². The number of nitrogens with one attached hydrogen (secondary N) is 1. The van der Waals surface area contributed by atoms with E-state index < -0.39 is 6.04 Å². The van der Waals surface area contributed by atoms with Gasteiger partial charge in [0.15, 0.2) is 0 Å². The van der Waals surface area contributed by atoms with E-state index in [4.69, 9.17) is 10.5 Å². The smallest absolute Gasteiger partial charge is 0.236 e. The topological polar surface area (TPSA) is 64.3 Å². The van der Waals surface area contributed by atoms with Crippen LogP contribution in [0.3, 0.4) is 0 Å². The van der Waals surface area contributed by atoms with Crippen molar-refractivity contribution >= 4 is 5.91 Å². The maximum Gasteiger partial charge on any atom is 0.236 e. The molecule has 0 aliphatic carbocycles. The zero-order chi connectivity index (χ0) is 9.98. The molecule has 0 bridgehead atoms. The zero-order valence-corrected chi connectivity index (χ0v) is 8.39. The summed E-state index contributed by atoms with van der Waals surface area (Å²) < 4.78 is 4.72. The van der Waals surface area contributed by atoms with Gasteiger partial charge in [-0.3, -0.25) is 4.79 Å². The maximum atomic E-state index is 10.7. The molecule has 0 aliphatic rings. The number of hydrogen-bond acceptors (Lipinski definition) is 3. The van der Waals surface area contributed by atoms with Crippen molar-refractivity contribution in [3.05, 3.63) is 0 Å². The monoisotopic (exact) mass is 176 g/mol. The zero-order valence-electron chi connectivity index (χ0n) is 8.39. The van der Waals surface area contributed by atoms with Gasteiger partial charge in [0.25, 0.3) is 0 Å². The summed E-state index contributed by atoms with van der Waals surface area (Å²) in [5, 5.41) is 2.59. The van der Waals surface area contributed by atoms with Gasteiger partial charge < -0.3 is 15.8 Å². The first-order valence-corrected chi connectivity index (χ1v) is 4.20. The molecule has 0 spiro atoms. The SMILES string of the molecule is CC.COCCNC(=O)[C@H](C)N. The summed E-state index contributed by atoms with van der Waals surface area (Å²) in [6.07, 6.45) is 0. The van der Waals surface area contributed by atoms with Crippen molar-refractivity contribution in [1.29, 1.82) is 0 Å². The minimum absolute atomic E-state index is 0.142. The maximum absolute atomic E-state index is 10.7. The van der Waals surface area contributed by atoms with Gasteiger partial charge in [0.2, 0.25) is 5.91 Å². The summed E-state index contributed by atoms with van der Waals surface area (Å²) in [6.45, 7) is 6.69. The number of carbonyl (C=O) groups excluding carboxylic acids is 1. The first kappa shape index (κ1) is 13.9. The van der Waals surface area contributed by atoms with Crippen LogP contribution in [0.4, 0.5) is 0 Å². The van der Waals surface area contributed by atoms with Crippen LogP contribution in [-0.4, -0.2) is 32.2 Å². The van der Waals surface area contributed by atoms with Crippen molar-refractivity contribution in [3.63, 3.8) is 0 Å². The predicted molar refractivity (Wildman–Crippen MR) is 49.9 cm³/mol. The lowest BCUT2D eigenvalue weighted by molar-refractivity contribution is -0.122. The molecule has 0 aromatic carbocycles. The molecule has 0 saturated heterocycles. The molecule has 0 fully saturated rings. The van der Waals surface area contributed by atoms with Crippen LogP contribution in [-0.2, 0) is 9.53 Å². The highest BCUT2D eigenvalue weighted by Crippen LogP contribution is 1.73. The molecule has 0 aliphatic heterocycles. The Morgan fingerprint density at radius 1 is 1.58 bits per heavy atom. The van der Waals surface area contributed by atoms with Gasteiger partial charge in [0.1, 0.15) is 0 Å². The Balaban J connectivity index is 0. The first-order chi connectivity index (χ1) is 5.68. The first-order valence-electron chi connectivity index (χ1n) is 4.20. The highest BCUT2D eigenvalue weighted by molar-refractivity contribution is 5.80. The lowest BCUT2D eigenvalue weighted by Crippen LogP contribution is -2.39. The fraction of sp³-hybridized carbons (Fsp3) is 0.875. The predicted octanol–water partition coefficient (Wildman–Crippen LogP) is 0.122. The fourth-order valence-corrected chi connectivity index (χ4v) is 0.437. The van der Waals surface area contributed by atoms with E-state index in [1.165, 1.54) is 0 Å². The Labute approximate surface area is 74.5 Å². The Hall–Kier alpha value is -0.610. The third-order valence-corrected chi connectivity index (χ3v) is 1.02. The standard InChI is InChI=1S/C6H14N2O2.C2H6/c1-5(7)6(9)8-3-4-10-2;1-2/h5H,3-4,7H2,1-2H3,(H,8,9);1-2H3/t5-;/m0./s1. The molecule has 1 amide bonds. The quantitative estimate of drug-likeness (QED) is 0.598. The number of carbonyl (C=O) groups is 1. The average molecular weight is 176 g/mol. The van der Waals surface area contributed by atoms with Crippen LogP contribution >= 0.6 is 0 Å². The molecule has 0 aromatic heterocycles. The van der Waals surface area contributed by atoms with Gasteiger partial charge in [0.05, 0.1) is 12.6 Å². The second-order valence-electron chi connectivity index (χ2n) is 2.07. The Bertz CT molecular complexity index is 105. The van der Waals surface area contributed by atoms with Gasteiger partial charge in [0, 0.05) is 13.7 Å². The average Bonchev–Trinajstić information content (AvgIpc) is 2.08. The minimum Gasteiger partial charge on any atom is -0.383 e. The van der Waals surface area contributed by atoms with E-state index in [9.17, 15) is 4.79 Å². The molecule has 0 radical (unpaired) electrons. The van der Waals surface area contributed by atoms with E-state index in [0.717, 1.165) is 0 Å². The molecule has 0 rings (SSSR count). The summed E-state index contributed by atoms with van der Waals surface area (Å²) in [6, 6.07) is -0.433. The van der Waals surface area contributed by atoms with E-state index in [1.807, 2.05) is 13.8 Å². The number of hydrogen-bond donors (Lipinski definition) is 2. The van der Waals surface area contributed by atoms with E-state index in [0.29, 0.717) is 13.2 Å². The summed E-state index contributed by atoms with van der Waals surface area (Å²) in [4.78, 5) is 10.7. The van der Waals surface area contributed by atoms with Gasteiger partial charge in [-0.1, -0.05) is 13.8 Å². The number of amides is 1. The van der Waals surface area contributed by atoms with Gasteiger partial charge in [-0.2, -0.15) is 0 Å². The number of nitrogens with two attached hydrogens (primary N) is 1. The van der Waals surface area contributed by atoms with E-state index in [1.54, 1.807) is 14.0 Å². The highest BCUT2D eigenvalue weighted by Gasteiger charge is 2.04. The fourth-order valence-electron chi connectivity index (χ4n) is 0.437. The van der Waals surface area contributed by atoms with E-state index >= 15 is 0 Å². The molecule has 12 heavy (non-hydrogen) atoms. The summed E-state index contributed by atoms with van der Waals surface area (Å²) in [5.74, 6) is -0.142. The second-order valence-corrected chi connectivity index (χ2v) is 2.07. The number of methoxy groups -OCH3 is 1. The van der Waals surface area contributed by atoms with Crippen LogP contribution < -0.4 is 11.1 Å². The van der Waals surface area contributed by atoms with Crippen molar-refractivity contribution in [3.8, 4) is 0 Å². The lowest BCUT2D eigenvalue weighted by atomic mass is 10.3. The molecule has 4 heteroatoms. The van der Waals surface area contributed by atoms with E-state index in [-0.39, 0.29) is 5.91 Å². The van der Waals surface area contributed by atoms with Gasteiger partial charge in [-0.25, -0.2) is 0 Å². The largest absolute Gasteiger partial charge is 0.383 e. The molecule has 0 aromatic rings. The molecule has 0 unspecified atom stereocenters. The highest BCUT2D eigenvalue weighted by atomic mass is 16.5. The molecular formula is C8H20N2O2. The van der Waals surface area contributed by atoms with Crippen LogP contribution in [0.1, 0.15) is 20.8 Å². The van der Waals surface area contributed by atoms with Crippen LogP contribution in [0.5, 0.6) is 0 Å². The molecule has 3 N–H and O–H groups in total. The Morgan fingerprint density at radius 2 is 2.08 bits per heavy atom. The third kappa shape index (κ3) is 9.39. The normalized spacial score (nSPS) is 11.1. The minimum atomic E-state index is -0.433. The molecule has 4 nitrogen and oxygen atoms in total. The third-order valence-electron chi connectivity index (χ3n) is 1.02. The van der Waals surface area contributed by atoms with Gasteiger partial charge in [-0.05, 0) is 6.92 Å². The van der Waals surface area contributed by atoms with Crippen molar-refractivity contribution in [2.45, 2.75) is 26.8 Å². The molecule has 0 saturated carbocycles.